The Kier molecular flexibility index (Phi) is 4.62. The lowest BCUT2D eigenvalue weighted by molar-refractivity contribution is 0.0331. The summed E-state index contributed by atoms with van der Waals surface area (Å²) in [6.45, 7) is 4.39. The topological polar surface area (TPSA) is 27.3 Å². The van der Waals surface area contributed by atoms with Crippen LogP contribution in [0.2, 0.25) is 0 Å². The van der Waals surface area contributed by atoms with Gasteiger partial charge in [0.1, 0.15) is 6.29 Å². The van der Waals surface area contributed by atoms with Crippen LogP contribution in [0.5, 0.6) is 0 Å². The van der Waals surface area contributed by atoms with Crippen LogP contribution in [-0.2, 0) is 0 Å². The maximum absolute atomic E-state index is 3.55. The first-order chi connectivity index (χ1) is 7.83. The molecule has 0 aromatic rings. The summed E-state index contributed by atoms with van der Waals surface area (Å²) in [5, 5.41) is 7.07. The summed E-state index contributed by atoms with van der Waals surface area (Å²) in [6, 6.07) is 0.797. The maximum atomic E-state index is 3.55. The van der Waals surface area contributed by atoms with Gasteiger partial charge in [-0.15, -0.1) is 0 Å². The Balaban J connectivity index is 1.91. The molecular formula is C13H27N3. The average molecular weight is 225 g/mol. The summed E-state index contributed by atoms with van der Waals surface area (Å²) in [5.74, 6) is 0.946. The third kappa shape index (κ3) is 2.76. The molecule has 94 valence electrons. The highest BCUT2D eigenvalue weighted by Crippen LogP contribution is 2.31. The van der Waals surface area contributed by atoms with Crippen molar-refractivity contribution in [1.82, 2.24) is 15.5 Å². The van der Waals surface area contributed by atoms with Crippen LogP contribution in [0.25, 0.3) is 0 Å². The van der Waals surface area contributed by atoms with Gasteiger partial charge in [0.2, 0.25) is 0 Å². The van der Waals surface area contributed by atoms with Gasteiger partial charge in [0.15, 0.2) is 0 Å². The van der Waals surface area contributed by atoms with Gasteiger partial charge in [-0.3, -0.25) is 15.5 Å². The van der Waals surface area contributed by atoms with Crippen LogP contribution in [0.4, 0.5) is 0 Å². The fourth-order valence-corrected chi connectivity index (χ4v) is 3.40. The summed E-state index contributed by atoms with van der Waals surface area (Å²) in [6.07, 6.45) is 8.99. The maximum Gasteiger partial charge on any atom is 0.114 e. The molecule has 2 unspecified atom stereocenters. The molecule has 0 amide bonds. The van der Waals surface area contributed by atoms with E-state index < -0.39 is 0 Å². The predicted octanol–water partition coefficient (Wildman–Crippen LogP) is 1.75. The lowest BCUT2D eigenvalue weighted by Gasteiger charge is -2.45. The smallest absolute Gasteiger partial charge is 0.114 e. The second-order valence-corrected chi connectivity index (χ2v) is 5.33. The summed E-state index contributed by atoms with van der Waals surface area (Å²) >= 11 is 0. The zero-order valence-corrected chi connectivity index (χ0v) is 10.8. The quantitative estimate of drug-likeness (QED) is 0.766. The van der Waals surface area contributed by atoms with Crippen molar-refractivity contribution < 1.29 is 0 Å². The summed E-state index contributed by atoms with van der Waals surface area (Å²) in [5.41, 5.74) is 0. The fourth-order valence-electron chi connectivity index (χ4n) is 3.40. The number of nitrogens with zero attached hydrogens (tertiary/aromatic N) is 1. The molecule has 16 heavy (non-hydrogen) atoms. The minimum absolute atomic E-state index is 0.394. The molecule has 0 spiro atoms. The standard InChI is InChI=1S/C13H27N3/c1-3-14-13-15-10-9-12(16(13)2)11-7-5-4-6-8-11/h11-15H,3-10H2,1-2H3. The van der Waals surface area contributed by atoms with Gasteiger partial charge in [-0.25, -0.2) is 0 Å². The van der Waals surface area contributed by atoms with E-state index >= 15 is 0 Å². The number of nitrogens with one attached hydrogen (secondary N) is 2. The fraction of sp³-hybridized carbons (Fsp3) is 1.00. The second kappa shape index (κ2) is 5.99. The van der Waals surface area contributed by atoms with E-state index in [2.05, 4.69) is 29.5 Å². The Morgan fingerprint density at radius 2 is 1.94 bits per heavy atom. The third-order valence-electron chi connectivity index (χ3n) is 4.30. The number of hydrogen-bond acceptors (Lipinski definition) is 3. The van der Waals surface area contributed by atoms with Crippen molar-refractivity contribution in [2.24, 2.45) is 5.92 Å². The van der Waals surface area contributed by atoms with E-state index in [0.29, 0.717) is 6.29 Å². The molecule has 0 radical (unpaired) electrons. The molecule has 3 nitrogen and oxygen atoms in total. The first-order valence-corrected chi connectivity index (χ1v) is 7.01. The SMILES string of the molecule is CCNC1NCCC(C2CCCCC2)N1C. The van der Waals surface area contributed by atoms with E-state index in [9.17, 15) is 0 Å². The van der Waals surface area contributed by atoms with Crippen LogP contribution in [0.1, 0.15) is 45.4 Å². The number of hydrogen-bond donors (Lipinski definition) is 2. The highest BCUT2D eigenvalue weighted by atomic mass is 15.4. The first-order valence-electron chi connectivity index (χ1n) is 7.01. The Morgan fingerprint density at radius 3 is 2.62 bits per heavy atom. The normalized spacial score (nSPS) is 34.1. The third-order valence-corrected chi connectivity index (χ3v) is 4.30. The largest absolute Gasteiger partial charge is 0.290 e. The van der Waals surface area contributed by atoms with Crippen molar-refractivity contribution in [2.75, 3.05) is 20.1 Å². The van der Waals surface area contributed by atoms with E-state index in [1.165, 1.54) is 45.1 Å². The molecular weight excluding hydrogens is 198 g/mol. The summed E-state index contributed by atoms with van der Waals surface area (Å²) in [7, 11) is 2.28. The van der Waals surface area contributed by atoms with Crippen LogP contribution in [0.3, 0.4) is 0 Å². The van der Waals surface area contributed by atoms with Gasteiger partial charge < -0.3 is 0 Å². The van der Waals surface area contributed by atoms with Gasteiger partial charge in [0.05, 0.1) is 0 Å². The molecule has 1 saturated carbocycles. The van der Waals surface area contributed by atoms with E-state index in [1.807, 2.05) is 0 Å². The molecule has 2 fully saturated rings. The minimum Gasteiger partial charge on any atom is -0.290 e. The van der Waals surface area contributed by atoms with Gasteiger partial charge >= 0.3 is 0 Å². The Labute approximate surface area is 100.0 Å². The molecule has 2 atom stereocenters. The van der Waals surface area contributed by atoms with E-state index in [1.54, 1.807) is 0 Å². The van der Waals surface area contributed by atoms with Gasteiger partial charge in [0, 0.05) is 6.04 Å². The van der Waals surface area contributed by atoms with Gasteiger partial charge in [-0.1, -0.05) is 26.2 Å². The molecule has 2 aliphatic rings. The number of rotatable bonds is 3. The van der Waals surface area contributed by atoms with Crippen LogP contribution < -0.4 is 10.6 Å². The average Bonchev–Trinajstić information content (AvgIpc) is 2.33. The Hall–Kier alpha value is -0.120. The van der Waals surface area contributed by atoms with E-state index in [0.717, 1.165) is 18.5 Å². The van der Waals surface area contributed by atoms with Crippen molar-refractivity contribution in [2.45, 2.75) is 57.8 Å². The lowest BCUT2D eigenvalue weighted by Crippen LogP contribution is -2.62. The van der Waals surface area contributed by atoms with Gasteiger partial charge in [0.25, 0.3) is 0 Å². The van der Waals surface area contributed by atoms with Crippen molar-refractivity contribution in [3.05, 3.63) is 0 Å². The Morgan fingerprint density at radius 1 is 1.19 bits per heavy atom. The van der Waals surface area contributed by atoms with Crippen LogP contribution >= 0.6 is 0 Å². The molecule has 2 rings (SSSR count). The molecule has 1 aliphatic heterocycles. The summed E-state index contributed by atoms with van der Waals surface area (Å²) < 4.78 is 0. The van der Waals surface area contributed by atoms with Crippen molar-refractivity contribution in [3.8, 4) is 0 Å². The van der Waals surface area contributed by atoms with E-state index in [4.69, 9.17) is 0 Å². The molecule has 2 N–H and O–H groups in total. The molecule has 0 aromatic carbocycles. The molecule has 1 aliphatic carbocycles. The lowest BCUT2D eigenvalue weighted by atomic mass is 9.81. The van der Waals surface area contributed by atoms with Crippen LogP contribution in [-0.4, -0.2) is 37.4 Å². The van der Waals surface area contributed by atoms with Crippen molar-refractivity contribution >= 4 is 0 Å². The zero-order chi connectivity index (χ0) is 11.4. The van der Waals surface area contributed by atoms with Crippen LogP contribution in [0, 0.1) is 5.92 Å². The highest BCUT2D eigenvalue weighted by Gasteiger charge is 2.32. The van der Waals surface area contributed by atoms with Gasteiger partial charge in [-0.2, -0.15) is 0 Å². The molecule has 1 heterocycles. The highest BCUT2D eigenvalue weighted by molar-refractivity contribution is 4.86. The Bertz CT molecular complexity index is 199. The monoisotopic (exact) mass is 225 g/mol. The first kappa shape index (κ1) is 12.3. The van der Waals surface area contributed by atoms with Gasteiger partial charge in [-0.05, 0) is 45.3 Å². The second-order valence-electron chi connectivity index (χ2n) is 5.33. The molecule has 3 heteroatoms. The van der Waals surface area contributed by atoms with Crippen molar-refractivity contribution in [1.29, 1.82) is 0 Å². The molecule has 1 saturated heterocycles. The predicted molar refractivity (Wildman–Crippen MR) is 68.2 cm³/mol. The molecule has 0 aromatic heterocycles. The zero-order valence-electron chi connectivity index (χ0n) is 10.8. The molecule has 0 bridgehead atoms. The van der Waals surface area contributed by atoms with Crippen LogP contribution in [0.15, 0.2) is 0 Å². The minimum atomic E-state index is 0.394. The van der Waals surface area contributed by atoms with Crippen molar-refractivity contribution in [3.63, 3.8) is 0 Å². The van der Waals surface area contributed by atoms with E-state index in [-0.39, 0.29) is 0 Å². The summed E-state index contributed by atoms with van der Waals surface area (Å²) in [4.78, 5) is 2.53.